The molecule has 1 saturated heterocycles. The third-order valence-electron chi connectivity index (χ3n) is 3.45. The molecule has 13 heavy (non-hydrogen) atoms. The molecule has 3 heteroatoms. The van der Waals surface area contributed by atoms with Gasteiger partial charge in [0.05, 0.1) is 12.0 Å². The van der Waals surface area contributed by atoms with Gasteiger partial charge in [0.15, 0.2) is 0 Å². The predicted octanol–water partition coefficient (Wildman–Crippen LogP) is 1.52. The van der Waals surface area contributed by atoms with Crippen LogP contribution in [0.25, 0.3) is 0 Å². The van der Waals surface area contributed by atoms with Crippen molar-refractivity contribution in [2.75, 3.05) is 6.61 Å². The average molecular weight is 184 g/mol. The Labute approximate surface area is 78.1 Å². The van der Waals surface area contributed by atoms with Crippen molar-refractivity contribution in [1.29, 1.82) is 0 Å². The van der Waals surface area contributed by atoms with Crippen LogP contribution >= 0.6 is 0 Å². The molecule has 1 N–H and O–H groups in total. The van der Waals surface area contributed by atoms with Gasteiger partial charge in [0.25, 0.3) is 0 Å². The summed E-state index contributed by atoms with van der Waals surface area (Å²) in [5, 5.41) is 9.05. The zero-order chi connectivity index (χ0) is 9.42. The fraction of sp³-hybridized carbons (Fsp3) is 0.900. The highest BCUT2D eigenvalue weighted by molar-refractivity contribution is 5.70. The average Bonchev–Trinajstić information content (AvgIpc) is 2.48. The van der Waals surface area contributed by atoms with Crippen LogP contribution in [0.15, 0.2) is 0 Å². The maximum Gasteiger partial charge on any atom is 0.306 e. The first-order valence-corrected chi connectivity index (χ1v) is 5.04. The lowest BCUT2D eigenvalue weighted by atomic mass is 9.73. The summed E-state index contributed by atoms with van der Waals surface area (Å²) < 4.78 is 5.59. The summed E-state index contributed by atoms with van der Waals surface area (Å²) in [5.41, 5.74) is 0. The summed E-state index contributed by atoms with van der Waals surface area (Å²) in [6.45, 7) is 2.85. The normalized spacial score (nSPS) is 44.4. The van der Waals surface area contributed by atoms with Crippen LogP contribution in [0.5, 0.6) is 0 Å². The van der Waals surface area contributed by atoms with Crippen LogP contribution < -0.4 is 0 Å². The van der Waals surface area contributed by atoms with Gasteiger partial charge < -0.3 is 9.84 Å². The molecular formula is C10H16O3. The monoisotopic (exact) mass is 184 g/mol. The molecule has 74 valence electrons. The van der Waals surface area contributed by atoms with E-state index in [0.717, 1.165) is 25.9 Å². The third kappa shape index (κ3) is 1.46. The molecule has 4 atom stereocenters. The fourth-order valence-electron chi connectivity index (χ4n) is 2.82. The molecule has 1 heterocycles. The van der Waals surface area contributed by atoms with Gasteiger partial charge in [-0.05, 0) is 25.2 Å². The zero-order valence-corrected chi connectivity index (χ0v) is 7.90. The molecule has 0 amide bonds. The lowest BCUT2D eigenvalue weighted by Crippen LogP contribution is -2.36. The standard InChI is InChI=1S/C10H16O3/c1-6-5-13-8-4-2-3-7(9(6)8)10(11)12/h6-9H,2-5H2,1H3,(H,11,12)/t6-,7-,8-,9+/m1/s1. The Kier molecular flexibility index (Phi) is 2.28. The SMILES string of the molecule is C[C@@H]1CO[C@@H]2CCC[C@@H](C(=O)O)[C@H]12. The molecule has 2 aliphatic rings. The van der Waals surface area contributed by atoms with E-state index in [1.807, 2.05) is 0 Å². The number of carboxylic acid groups (broad SMARTS) is 1. The molecule has 1 aliphatic heterocycles. The van der Waals surface area contributed by atoms with E-state index in [-0.39, 0.29) is 17.9 Å². The van der Waals surface area contributed by atoms with Crippen LogP contribution in [0, 0.1) is 17.8 Å². The van der Waals surface area contributed by atoms with Crippen molar-refractivity contribution in [3.63, 3.8) is 0 Å². The number of carbonyl (C=O) groups is 1. The third-order valence-corrected chi connectivity index (χ3v) is 3.45. The number of ether oxygens (including phenoxy) is 1. The van der Waals surface area contributed by atoms with Crippen LogP contribution in [0.1, 0.15) is 26.2 Å². The van der Waals surface area contributed by atoms with Gasteiger partial charge in [-0.2, -0.15) is 0 Å². The lowest BCUT2D eigenvalue weighted by Gasteiger charge is -2.31. The molecule has 0 bridgehead atoms. The van der Waals surface area contributed by atoms with E-state index in [1.54, 1.807) is 0 Å². The number of hydrogen-bond acceptors (Lipinski definition) is 2. The molecule has 0 aromatic rings. The van der Waals surface area contributed by atoms with Gasteiger partial charge in [-0.15, -0.1) is 0 Å². The molecule has 1 aliphatic carbocycles. The van der Waals surface area contributed by atoms with Crippen molar-refractivity contribution < 1.29 is 14.6 Å². The quantitative estimate of drug-likeness (QED) is 0.672. The van der Waals surface area contributed by atoms with Gasteiger partial charge in [-0.3, -0.25) is 4.79 Å². The Morgan fingerprint density at radius 2 is 2.23 bits per heavy atom. The molecule has 2 rings (SSSR count). The first-order chi connectivity index (χ1) is 6.20. The van der Waals surface area contributed by atoms with Crippen LogP contribution in [-0.4, -0.2) is 23.8 Å². The second-order valence-corrected chi connectivity index (χ2v) is 4.30. The second-order valence-electron chi connectivity index (χ2n) is 4.30. The van der Waals surface area contributed by atoms with Crippen LogP contribution in [0.4, 0.5) is 0 Å². The molecular weight excluding hydrogens is 168 g/mol. The molecule has 3 nitrogen and oxygen atoms in total. The molecule has 0 spiro atoms. The molecule has 0 radical (unpaired) electrons. The predicted molar refractivity (Wildman–Crippen MR) is 47.4 cm³/mol. The number of aliphatic carboxylic acids is 1. The second kappa shape index (κ2) is 3.29. The van der Waals surface area contributed by atoms with E-state index in [4.69, 9.17) is 9.84 Å². The Bertz CT molecular complexity index is 212. The van der Waals surface area contributed by atoms with E-state index in [9.17, 15) is 4.79 Å². The first-order valence-electron chi connectivity index (χ1n) is 5.04. The Morgan fingerprint density at radius 1 is 1.46 bits per heavy atom. The molecule has 2 fully saturated rings. The smallest absolute Gasteiger partial charge is 0.306 e. The van der Waals surface area contributed by atoms with Crippen molar-refractivity contribution in [2.45, 2.75) is 32.3 Å². The van der Waals surface area contributed by atoms with Crippen molar-refractivity contribution in [3.8, 4) is 0 Å². The van der Waals surface area contributed by atoms with E-state index >= 15 is 0 Å². The number of fused-ring (bicyclic) bond motifs is 1. The van der Waals surface area contributed by atoms with Crippen LogP contribution in [0.2, 0.25) is 0 Å². The molecule has 0 aromatic carbocycles. The Balaban J connectivity index is 2.14. The maximum atomic E-state index is 11.0. The minimum Gasteiger partial charge on any atom is -0.481 e. The van der Waals surface area contributed by atoms with Crippen molar-refractivity contribution in [2.24, 2.45) is 17.8 Å². The van der Waals surface area contributed by atoms with Gasteiger partial charge in [-0.1, -0.05) is 6.92 Å². The Morgan fingerprint density at radius 3 is 2.92 bits per heavy atom. The fourth-order valence-corrected chi connectivity index (χ4v) is 2.82. The molecule has 0 unspecified atom stereocenters. The van der Waals surface area contributed by atoms with Gasteiger partial charge in [-0.25, -0.2) is 0 Å². The summed E-state index contributed by atoms with van der Waals surface area (Å²) in [4.78, 5) is 11.0. The summed E-state index contributed by atoms with van der Waals surface area (Å²) in [5.74, 6) is -0.0963. The van der Waals surface area contributed by atoms with Gasteiger partial charge in [0, 0.05) is 12.5 Å². The maximum absolute atomic E-state index is 11.0. The molecule has 0 aromatic heterocycles. The number of rotatable bonds is 1. The van der Waals surface area contributed by atoms with E-state index in [1.165, 1.54) is 0 Å². The van der Waals surface area contributed by atoms with Gasteiger partial charge in [0.2, 0.25) is 0 Å². The molecule has 1 saturated carbocycles. The van der Waals surface area contributed by atoms with E-state index in [0.29, 0.717) is 5.92 Å². The number of hydrogen-bond donors (Lipinski definition) is 1. The highest BCUT2D eigenvalue weighted by Gasteiger charge is 2.44. The summed E-state index contributed by atoms with van der Waals surface area (Å²) in [6, 6.07) is 0. The first kappa shape index (κ1) is 9.00. The zero-order valence-electron chi connectivity index (χ0n) is 7.90. The van der Waals surface area contributed by atoms with Crippen LogP contribution in [-0.2, 0) is 9.53 Å². The van der Waals surface area contributed by atoms with E-state index in [2.05, 4.69) is 6.92 Å². The Hall–Kier alpha value is -0.570. The minimum absolute atomic E-state index is 0.156. The topological polar surface area (TPSA) is 46.5 Å². The summed E-state index contributed by atoms with van der Waals surface area (Å²) in [7, 11) is 0. The summed E-state index contributed by atoms with van der Waals surface area (Å²) in [6.07, 6.45) is 3.12. The van der Waals surface area contributed by atoms with E-state index < -0.39 is 5.97 Å². The highest BCUT2D eigenvalue weighted by Crippen LogP contribution is 2.41. The van der Waals surface area contributed by atoms with Crippen LogP contribution in [0.3, 0.4) is 0 Å². The lowest BCUT2D eigenvalue weighted by molar-refractivity contribution is -0.146. The number of carboxylic acids is 1. The van der Waals surface area contributed by atoms with Crippen molar-refractivity contribution in [1.82, 2.24) is 0 Å². The van der Waals surface area contributed by atoms with Crippen molar-refractivity contribution in [3.05, 3.63) is 0 Å². The largest absolute Gasteiger partial charge is 0.481 e. The van der Waals surface area contributed by atoms with Gasteiger partial charge in [0.1, 0.15) is 0 Å². The summed E-state index contributed by atoms with van der Waals surface area (Å²) >= 11 is 0. The van der Waals surface area contributed by atoms with Crippen molar-refractivity contribution >= 4 is 5.97 Å². The highest BCUT2D eigenvalue weighted by atomic mass is 16.5. The minimum atomic E-state index is -0.632. The van der Waals surface area contributed by atoms with Gasteiger partial charge >= 0.3 is 5.97 Å².